The first-order valence-electron chi connectivity index (χ1n) is 8.77. The molecule has 3 aromatic heterocycles. The van der Waals surface area contributed by atoms with Gasteiger partial charge in [0.15, 0.2) is 0 Å². The fourth-order valence-electron chi connectivity index (χ4n) is 3.05. The Hall–Kier alpha value is -3.98. The number of fused-ring (bicyclic) bond motifs is 1. The summed E-state index contributed by atoms with van der Waals surface area (Å²) in [5, 5.41) is 12.7. The molecule has 0 radical (unpaired) electrons. The normalized spacial score (nSPS) is 10.5. The van der Waals surface area contributed by atoms with Crippen molar-refractivity contribution >= 4 is 17.2 Å². The zero-order valence-electron chi connectivity index (χ0n) is 15.0. The number of pyridine rings is 1. The van der Waals surface area contributed by atoms with Gasteiger partial charge < -0.3 is 18.9 Å². The molecule has 3 heterocycles. The fraction of sp³-hybridized carbons (Fsp3) is 0.0909. The maximum absolute atomic E-state index is 12.6. The number of nitrogens with one attached hydrogen (secondary N) is 1. The van der Waals surface area contributed by atoms with Crippen molar-refractivity contribution in [3.05, 3.63) is 95.7 Å². The van der Waals surface area contributed by atoms with Crippen molar-refractivity contribution in [3.63, 3.8) is 0 Å². The van der Waals surface area contributed by atoms with Crippen LogP contribution in [0.25, 0.3) is 5.52 Å². The van der Waals surface area contributed by atoms with E-state index in [2.05, 4.69) is 11.4 Å². The molecule has 6 nitrogen and oxygen atoms in total. The number of rotatable bonds is 6. The predicted octanol–water partition coefficient (Wildman–Crippen LogP) is 4.37. The molecule has 0 fully saturated rings. The summed E-state index contributed by atoms with van der Waals surface area (Å²) >= 11 is 0. The van der Waals surface area contributed by atoms with Gasteiger partial charge in [-0.25, -0.2) is 4.79 Å². The second-order valence-electron chi connectivity index (χ2n) is 6.19. The number of esters is 1. The summed E-state index contributed by atoms with van der Waals surface area (Å²) in [4.78, 5) is 12.6. The molecule has 0 saturated carbocycles. The summed E-state index contributed by atoms with van der Waals surface area (Å²) < 4.78 is 12.6. The largest absolute Gasteiger partial charge is 0.467 e. The number of anilines is 1. The van der Waals surface area contributed by atoms with E-state index in [1.165, 1.54) is 0 Å². The van der Waals surface area contributed by atoms with Crippen molar-refractivity contribution < 1.29 is 13.9 Å². The SMILES string of the molecule is N#Cc1c(COC(=O)c2ccccc2NCc2ccco2)cn2ccccc12. The summed E-state index contributed by atoms with van der Waals surface area (Å²) in [5.74, 6) is 0.309. The predicted molar refractivity (Wildman–Crippen MR) is 104 cm³/mol. The Morgan fingerprint density at radius 3 is 2.82 bits per heavy atom. The number of nitriles is 1. The van der Waals surface area contributed by atoms with Gasteiger partial charge in [-0.15, -0.1) is 0 Å². The lowest BCUT2D eigenvalue weighted by molar-refractivity contribution is 0.0473. The van der Waals surface area contributed by atoms with E-state index < -0.39 is 5.97 Å². The molecule has 28 heavy (non-hydrogen) atoms. The van der Waals surface area contributed by atoms with Gasteiger partial charge in [0.05, 0.1) is 29.5 Å². The average Bonchev–Trinajstić information content (AvgIpc) is 3.37. The minimum Gasteiger partial charge on any atom is -0.467 e. The number of ether oxygens (including phenoxy) is 1. The third-order valence-corrected chi connectivity index (χ3v) is 4.41. The summed E-state index contributed by atoms with van der Waals surface area (Å²) in [7, 11) is 0. The molecule has 0 aliphatic rings. The third kappa shape index (κ3) is 3.46. The number of carbonyl (C=O) groups is 1. The molecule has 1 aromatic carbocycles. The summed E-state index contributed by atoms with van der Waals surface area (Å²) in [5.41, 5.74) is 3.06. The molecule has 0 spiro atoms. The van der Waals surface area contributed by atoms with Gasteiger partial charge in [-0.1, -0.05) is 18.2 Å². The molecule has 4 rings (SSSR count). The first-order valence-corrected chi connectivity index (χ1v) is 8.77. The highest BCUT2D eigenvalue weighted by Crippen LogP contribution is 2.21. The Labute approximate surface area is 161 Å². The van der Waals surface area contributed by atoms with E-state index in [0.717, 1.165) is 11.3 Å². The van der Waals surface area contributed by atoms with E-state index >= 15 is 0 Å². The molecular weight excluding hydrogens is 354 g/mol. The van der Waals surface area contributed by atoms with Crippen LogP contribution in [0.4, 0.5) is 5.69 Å². The number of nitrogens with zero attached hydrogens (tertiary/aromatic N) is 2. The smallest absolute Gasteiger partial charge is 0.340 e. The Balaban J connectivity index is 1.50. The summed E-state index contributed by atoms with van der Waals surface area (Å²) in [6, 6.07) is 18.6. The van der Waals surface area contributed by atoms with Crippen molar-refractivity contribution in [2.24, 2.45) is 0 Å². The van der Waals surface area contributed by atoms with Crippen molar-refractivity contribution in [2.75, 3.05) is 5.32 Å². The number of furan rings is 1. The highest BCUT2D eigenvalue weighted by atomic mass is 16.5. The van der Waals surface area contributed by atoms with Crippen LogP contribution in [0.3, 0.4) is 0 Å². The zero-order chi connectivity index (χ0) is 19.3. The van der Waals surface area contributed by atoms with Crippen molar-refractivity contribution in [1.82, 2.24) is 4.40 Å². The molecule has 138 valence electrons. The summed E-state index contributed by atoms with van der Waals surface area (Å²) in [6.45, 7) is 0.483. The van der Waals surface area contributed by atoms with E-state index in [1.807, 2.05) is 59.3 Å². The Morgan fingerprint density at radius 2 is 2.00 bits per heavy atom. The lowest BCUT2D eigenvalue weighted by Crippen LogP contribution is -2.10. The van der Waals surface area contributed by atoms with Gasteiger partial charge in [-0.3, -0.25) is 0 Å². The van der Waals surface area contributed by atoms with E-state index in [9.17, 15) is 10.1 Å². The Morgan fingerprint density at radius 1 is 1.14 bits per heavy atom. The Bertz CT molecular complexity index is 1150. The first-order chi connectivity index (χ1) is 13.8. The maximum atomic E-state index is 12.6. The second-order valence-corrected chi connectivity index (χ2v) is 6.19. The monoisotopic (exact) mass is 371 g/mol. The Kier molecular flexibility index (Phi) is 4.81. The highest BCUT2D eigenvalue weighted by Gasteiger charge is 2.16. The van der Waals surface area contributed by atoms with Gasteiger partial charge in [-0.05, 0) is 36.4 Å². The molecule has 0 saturated heterocycles. The van der Waals surface area contributed by atoms with Gasteiger partial charge in [0, 0.05) is 23.6 Å². The quantitative estimate of drug-likeness (QED) is 0.509. The number of aromatic nitrogens is 1. The molecular formula is C22H17N3O3. The van der Waals surface area contributed by atoms with Crippen LogP contribution in [0, 0.1) is 11.3 Å². The van der Waals surface area contributed by atoms with Gasteiger partial charge in [0.25, 0.3) is 0 Å². The first kappa shape index (κ1) is 17.4. The van der Waals surface area contributed by atoms with Crippen molar-refractivity contribution in [1.29, 1.82) is 5.26 Å². The van der Waals surface area contributed by atoms with Crippen LogP contribution < -0.4 is 5.32 Å². The molecule has 6 heteroatoms. The molecule has 0 bridgehead atoms. The number of hydrogen-bond acceptors (Lipinski definition) is 5. The van der Waals surface area contributed by atoms with E-state index in [-0.39, 0.29) is 6.61 Å². The topological polar surface area (TPSA) is 79.7 Å². The van der Waals surface area contributed by atoms with Crippen molar-refractivity contribution in [3.8, 4) is 6.07 Å². The highest BCUT2D eigenvalue weighted by molar-refractivity contribution is 5.95. The molecule has 0 aliphatic carbocycles. The number of benzene rings is 1. The molecule has 0 unspecified atom stereocenters. The van der Waals surface area contributed by atoms with E-state index in [0.29, 0.717) is 28.9 Å². The fourth-order valence-corrected chi connectivity index (χ4v) is 3.05. The average molecular weight is 371 g/mol. The number of para-hydroxylation sites is 1. The molecule has 0 amide bonds. The second kappa shape index (κ2) is 7.72. The molecule has 4 aromatic rings. The van der Waals surface area contributed by atoms with Gasteiger partial charge >= 0.3 is 5.97 Å². The molecule has 1 N–H and O–H groups in total. The standard InChI is InChI=1S/C22H17N3O3/c23-12-19-16(14-25-10-4-3-9-21(19)25)15-28-22(26)18-7-1-2-8-20(18)24-13-17-6-5-11-27-17/h1-11,14,24H,13,15H2. The minimum absolute atomic E-state index is 0.0237. The van der Waals surface area contributed by atoms with Crippen molar-refractivity contribution in [2.45, 2.75) is 13.2 Å². The molecule has 0 atom stereocenters. The van der Waals surface area contributed by atoms with Crippen LogP contribution in [0.15, 0.2) is 77.7 Å². The summed E-state index contributed by atoms with van der Waals surface area (Å²) in [6.07, 6.45) is 5.27. The van der Waals surface area contributed by atoms with Crippen LogP contribution in [-0.4, -0.2) is 10.4 Å². The number of hydrogen-bond donors (Lipinski definition) is 1. The van der Waals surface area contributed by atoms with Crippen LogP contribution in [0.2, 0.25) is 0 Å². The zero-order valence-corrected chi connectivity index (χ0v) is 15.0. The maximum Gasteiger partial charge on any atom is 0.340 e. The van der Waals surface area contributed by atoms with Crippen LogP contribution >= 0.6 is 0 Å². The number of carbonyl (C=O) groups excluding carboxylic acids is 1. The van der Waals surface area contributed by atoms with Crippen LogP contribution in [0.1, 0.15) is 27.2 Å². The van der Waals surface area contributed by atoms with E-state index in [4.69, 9.17) is 9.15 Å². The molecule has 0 aliphatic heterocycles. The van der Waals surface area contributed by atoms with E-state index in [1.54, 1.807) is 18.4 Å². The third-order valence-electron chi connectivity index (χ3n) is 4.41. The van der Waals surface area contributed by atoms with Gasteiger partial charge in [0.2, 0.25) is 0 Å². The van der Waals surface area contributed by atoms with Crippen LogP contribution in [0.5, 0.6) is 0 Å². The van der Waals surface area contributed by atoms with Crippen LogP contribution in [-0.2, 0) is 17.9 Å². The lowest BCUT2D eigenvalue weighted by atomic mass is 10.1. The van der Waals surface area contributed by atoms with Gasteiger partial charge in [0.1, 0.15) is 18.4 Å². The lowest BCUT2D eigenvalue weighted by Gasteiger charge is -2.11. The minimum atomic E-state index is -0.457. The van der Waals surface area contributed by atoms with Gasteiger partial charge in [-0.2, -0.15) is 5.26 Å².